The van der Waals surface area contributed by atoms with Crippen LogP contribution in [0.15, 0.2) is 18.2 Å². The van der Waals surface area contributed by atoms with Gasteiger partial charge in [0.25, 0.3) is 0 Å². The molecule has 5 nitrogen and oxygen atoms in total. The molecule has 6 heteroatoms. The lowest BCUT2D eigenvalue weighted by Gasteiger charge is -2.36. The molecule has 0 radical (unpaired) electrons. The molecule has 0 N–H and O–H groups in total. The van der Waals surface area contributed by atoms with Gasteiger partial charge in [0, 0.05) is 45.8 Å². The highest BCUT2D eigenvalue weighted by molar-refractivity contribution is 6.33. The van der Waals surface area contributed by atoms with E-state index in [9.17, 15) is 4.79 Å². The van der Waals surface area contributed by atoms with Crippen LogP contribution in [0, 0.1) is 0 Å². The Kier molecular flexibility index (Phi) is 7.80. The number of carbonyl (C=O) groups excluding carboxylic acids is 1. The molecule has 1 aliphatic rings. The zero-order valence-corrected chi connectivity index (χ0v) is 18.2. The summed E-state index contributed by atoms with van der Waals surface area (Å²) < 4.78 is 5.48. The molecular weight excluding hydrogens is 362 g/mol. The Morgan fingerprint density at radius 1 is 1.19 bits per heavy atom. The molecule has 27 heavy (non-hydrogen) atoms. The van der Waals surface area contributed by atoms with E-state index in [-0.39, 0.29) is 6.09 Å². The van der Waals surface area contributed by atoms with Crippen molar-refractivity contribution in [2.45, 2.75) is 53.2 Å². The van der Waals surface area contributed by atoms with Crippen molar-refractivity contribution in [3.63, 3.8) is 0 Å². The van der Waals surface area contributed by atoms with Gasteiger partial charge in [-0.15, -0.1) is 0 Å². The fourth-order valence-corrected chi connectivity index (χ4v) is 3.71. The molecule has 0 spiro atoms. The monoisotopic (exact) mass is 395 g/mol. The summed E-state index contributed by atoms with van der Waals surface area (Å²) >= 11 is 6.55. The molecule has 0 aromatic heterocycles. The van der Waals surface area contributed by atoms with Crippen molar-refractivity contribution in [2.75, 3.05) is 44.2 Å². The minimum Gasteiger partial charge on any atom is -0.444 e. The van der Waals surface area contributed by atoms with Crippen LogP contribution >= 0.6 is 11.6 Å². The molecule has 1 aromatic rings. The van der Waals surface area contributed by atoms with Crippen molar-refractivity contribution >= 4 is 23.4 Å². The largest absolute Gasteiger partial charge is 0.444 e. The third-order valence-corrected chi connectivity index (χ3v) is 4.98. The van der Waals surface area contributed by atoms with Crippen LogP contribution in [-0.2, 0) is 11.3 Å². The lowest BCUT2D eigenvalue weighted by Crippen LogP contribution is -2.49. The molecule has 0 unspecified atom stereocenters. The van der Waals surface area contributed by atoms with E-state index in [1.807, 2.05) is 32.9 Å². The van der Waals surface area contributed by atoms with Crippen LogP contribution < -0.4 is 4.90 Å². The van der Waals surface area contributed by atoms with Gasteiger partial charge in [-0.05, 0) is 45.7 Å². The number of piperazine rings is 1. The number of hydrogen-bond acceptors (Lipinski definition) is 4. The molecule has 1 amide bonds. The molecule has 1 heterocycles. The van der Waals surface area contributed by atoms with Crippen molar-refractivity contribution < 1.29 is 9.53 Å². The van der Waals surface area contributed by atoms with E-state index in [1.54, 1.807) is 4.90 Å². The average molecular weight is 396 g/mol. The number of anilines is 1. The molecular formula is C21H34ClN3O2. The van der Waals surface area contributed by atoms with Gasteiger partial charge in [0.2, 0.25) is 0 Å². The number of nitrogens with zero attached hydrogens (tertiary/aromatic N) is 3. The first-order valence-electron chi connectivity index (χ1n) is 9.97. The Labute approximate surface area is 169 Å². The van der Waals surface area contributed by atoms with E-state index >= 15 is 0 Å². The summed E-state index contributed by atoms with van der Waals surface area (Å²) in [5, 5.41) is 0.815. The zero-order valence-electron chi connectivity index (χ0n) is 17.4. The van der Waals surface area contributed by atoms with Gasteiger partial charge < -0.3 is 14.5 Å². The second-order valence-corrected chi connectivity index (χ2v) is 8.48. The smallest absolute Gasteiger partial charge is 0.410 e. The van der Waals surface area contributed by atoms with Crippen LogP contribution in [0.4, 0.5) is 10.5 Å². The van der Waals surface area contributed by atoms with Crippen molar-refractivity contribution in [3.8, 4) is 0 Å². The molecule has 1 aromatic carbocycles. The predicted octanol–water partition coefficient (Wildman–Crippen LogP) is 4.63. The van der Waals surface area contributed by atoms with E-state index in [2.05, 4.69) is 29.7 Å². The van der Waals surface area contributed by atoms with Crippen molar-refractivity contribution in [1.82, 2.24) is 9.80 Å². The summed E-state index contributed by atoms with van der Waals surface area (Å²) in [4.78, 5) is 18.8. The summed E-state index contributed by atoms with van der Waals surface area (Å²) in [6, 6.07) is 6.16. The zero-order chi connectivity index (χ0) is 20.0. The van der Waals surface area contributed by atoms with Crippen LogP contribution in [0.3, 0.4) is 0 Å². The Balaban J connectivity index is 2.01. The first-order chi connectivity index (χ1) is 12.7. The highest BCUT2D eigenvalue weighted by Crippen LogP contribution is 2.31. The third kappa shape index (κ3) is 6.28. The fourth-order valence-electron chi connectivity index (χ4n) is 3.40. The van der Waals surface area contributed by atoms with Gasteiger partial charge >= 0.3 is 6.09 Å². The standard InChI is InChI=1S/C21H34ClN3O2/c1-6-11-24(7-2)19-17(9-8-10-18(19)22)16-23-12-14-25(15-13-23)20(26)27-21(3,4)5/h8-10H,6-7,11-16H2,1-5H3. The van der Waals surface area contributed by atoms with Gasteiger partial charge in [0.15, 0.2) is 0 Å². The van der Waals surface area contributed by atoms with Gasteiger partial charge in [-0.2, -0.15) is 0 Å². The van der Waals surface area contributed by atoms with Gasteiger partial charge in [-0.25, -0.2) is 4.79 Å². The molecule has 2 rings (SSSR count). The Morgan fingerprint density at radius 2 is 1.85 bits per heavy atom. The minimum atomic E-state index is -0.452. The van der Waals surface area contributed by atoms with Gasteiger partial charge in [-0.1, -0.05) is 30.7 Å². The van der Waals surface area contributed by atoms with Crippen LogP contribution in [0.5, 0.6) is 0 Å². The number of hydrogen-bond donors (Lipinski definition) is 0. The molecule has 0 atom stereocenters. The van der Waals surface area contributed by atoms with Crippen molar-refractivity contribution in [1.29, 1.82) is 0 Å². The molecule has 1 aliphatic heterocycles. The minimum absolute atomic E-state index is 0.217. The van der Waals surface area contributed by atoms with Crippen LogP contribution in [-0.4, -0.2) is 60.8 Å². The summed E-state index contributed by atoms with van der Waals surface area (Å²) in [5.74, 6) is 0. The second kappa shape index (κ2) is 9.65. The topological polar surface area (TPSA) is 36.0 Å². The van der Waals surface area contributed by atoms with E-state index in [1.165, 1.54) is 5.56 Å². The average Bonchev–Trinajstić information content (AvgIpc) is 2.59. The van der Waals surface area contributed by atoms with Crippen molar-refractivity contribution in [3.05, 3.63) is 28.8 Å². The summed E-state index contributed by atoms with van der Waals surface area (Å²) in [5.41, 5.74) is 1.95. The van der Waals surface area contributed by atoms with E-state index in [0.29, 0.717) is 13.1 Å². The number of benzene rings is 1. The SMILES string of the molecule is CCCN(CC)c1c(Cl)cccc1CN1CCN(C(=O)OC(C)(C)C)CC1. The Hall–Kier alpha value is -1.46. The second-order valence-electron chi connectivity index (χ2n) is 8.07. The van der Waals surface area contributed by atoms with Crippen LogP contribution in [0.25, 0.3) is 0 Å². The highest BCUT2D eigenvalue weighted by atomic mass is 35.5. The van der Waals surface area contributed by atoms with Gasteiger partial charge in [0.1, 0.15) is 5.60 Å². The lowest BCUT2D eigenvalue weighted by molar-refractivity contribution is 0.0139. The number of amides is 1. The van der Waals surface area contributed by atoms with Crippen LogP contribution in [0.1, 0.15) is 46.6 Å². The maximum absolute atomic E-state index is 12.2. The Morgan fingerprint density at radius 3 is 2.41 bits per heavy atom. The van der Waals surface area contributed by atoms with E-state index < -0.39 is 5.60 Å². The molecule has 1 fully saturated rings. The molecule has 152 valence electrons. The molecule has 1 saturated heterocycles. The van der Waals surface area contributed by atoms with Gasteiger partial charge in [0.05, 0.1) is 10.7 Å². The van der Waals surface area contributed by atoms with Crippen LogP contribution in [0.2, 0.25) is 5.02 Å². The predicted molar refractivity (Wildman–Crippen MR) is 113 cm³/mol. The maximum Gasteiger partial charge on any atom is 0.410 e. The summed E-state index contributed by atoms with van der Waals surface area (Å²) in [6.07, 6.45) is 0.873. The van der Waals surface area contributed by atoms with Gasteiger partial charge in [-0.3, -0.25) is 4.90 Å². The lowest BCUT2D eigenvalue weighted by atomic mass is 10.1. The Bertz CT molecular complexity index is 622. The highest BCUT2D eigenvalue weighted by Gasteiger charge is 2.26. The first kappa shape index (κ1) is 21.8. The number of ether oxygens (including phenoxy) is 1. The summed E-state index contributed by atoms with van der Waals surface area (Å²) in [6.45, 7) is 15.9. The quantitative estimate of drug-likeness (QED) is 0.703. The maximum atomic E-state index is 12.2. The number of para-hydroxylation sites is 1. The molecule has 0 saturated carbocycles. The summed E-state index contributed by atoms with van der Waals surface area (Å²) in [7, 11) is 0. The number of halogens is 1. The normalized spacial score (nSPS) is 15.7. The molecule has 0 bridgehead atoms. The third-order valence-electron chi connectivity index (χ3n) is 4.68. The van der Waals surface area contributed by atoms with E-state index in [0.717, 1.165) is 49.9 Å². The van der Waals surface area contributed by atoms with E-state index in [4.69, 9.17) is 16.3 Å². The number of carbonyl (C=O) groups is 1. The van der Waals surface area contributed by atoms with Crippen molar-refractivity contribution in [2.24, 2.45) is 0 Å². The first-order valence-corrected chi connectivity index (χ1v) is 10.4. The number of rotatable bonds is 6. The fraction of sp³-hybridized carbons (Fsp3) is 0.667. The molecule has 0 aliphatic carbocycles.